The van der Waals surface area contributed by atoms with E-state index in [2.05, 4.69) is 17.2 Å². The summed E-state index contributed by atoms with van der Waals surface area (Å²) in [6, 6.07) is 6.16. The fraction of sp³-hybridized carbons (Fsp3) is 0.667. The predicted molar refractivity (Wildman–Crippen MR) is 92.3 cm³/mol. The Morgan fingerprint density at radius 2 is 1.50 bits per heavy atom. The number of aromatic nitrogens is 1. The molecular weight excluding hydrogens is 350 g/mol. The molecule has 0 amide bonds. The summed E-state index contributed by atoms with van der Waals surface area (Å²) in [5.41, 5.74) is 1.20. The van der Waals surface area contributed by atoms with Crippen molar-refractivity contribution in [2.75, 3.05) is 26.1 Å². The average Bonchev–Trinajstić information content (AvgIpc) is 2.47. The topological polar surface area (TPSA) is 88.8 Å². The Morgan fingerprint density at radius 3 is 1.88 bits per heavy atom. The molecule has 0 aromatic carbocycles. The van der Waals surface area contributed by atoms with Gasteiger partial charge in [0.15, 0.2) is 11.9 Å². The van der Waals surface area contributed by atoms with Crippen LogP contribution in [0.5, 0.6) is 0 Å². The Bertz CT molecular complexity index is 542. The molecule has 0 atom stereocenters. The molecule has 140 valence electrons. The zero-order valence-electron chi connectivity index (χ0n) is 15.1. The minimum atomic E-state index is -3.92. The van der Waals surface area contributed by atoms with Crippen LogP contribution in [-0.4, -0.2) is 48.0 Å². The molecule has 0 radical (unpaired) electrons. The van der Waals surface area contributed by atoms with Crippen LogP contribution in [0.4, 0.5) is 0 Å². The molecule has 0 spiro atoms. The second kappa shape index (κ2) is 11.7. The molecule has 0 saturated carbocycles. The monoisotopic (exact) mass is 379 g/mol. The minimum Gasteiger partial charge on any atom is -0.748 e. The van der Waals surface area contributed by atoms with E-state index in [0.717, 1.165) is 12.8 Å². The highest BCUT2D eigenvalue weighted by Crippen LogP contribution is 2.09. The lowest BCUT2D eigenvalue weighted by Gasteiger charge is -2.21. The third kappa shape index (κ3) is 8.86. The predicted octanol–water partition coefficient (Wildman–Crippen LogP) is 1.48. The van der Waals surface area contributed by atoms with Crippen molar-refractivity contribution in [3.63, 3.8) is 0 Å². The molecule has 9 heteroatoms. The summed E-state index contributed by atoms with van der Waals surface area (Å²) >= 11 is 0. The fourth-order valence-electron chi connectivity index (χ4n) is 2.09. The van der Waals surface area contributed by atoms with Crippen molar-refractivity contribution >= 4 is 19.1 Å². The average molecular weight is 380 g/mol. The van der Waals surface area contributed by atoms with E-state index in [1.807, 2.05) is 39.1 Å². The highest BCUT2D eigenvalue weighted by Gasteiger charge is 2.59. The van der Waals surface area contributed by atoms with Crippen LogP contribution in [0.15, 0.2) is 24.4 Å². The van der Waals surface area contributed by atoms with E-state index in [1.165, 1.54) is 5.69 Å². The van der Waals surface area contributed by atoms with E-state index in [9.17, 15) is 0 Å². The van der Waals surface area contributed by atoms with Gasteiger partial charge in [-0.25, -0.2) is 12.7 Å². The molecule has 1 heterocycles. The van der Waals surface area contributed by atoms with E-state index in [4.69, 9.17) is 26.2 Å². The number of hydrogen-bond acceptors (Lipinski definition) is 6. The summed E-state index contributed by atoms with van der Waals surface area (Å²) in [5.74, 6) is 0. The molecule has 24 heavy (non-hydrogen) atoms. The number of rotatable bonds is 9. The molecule has 0 aliphatic carbocycles. The van der Waals surface area contributed by atoms with Crippen LogP contribution in [-0.2, 0) is 29.8 Å². The lowest BCUT2D eigenvalue weighted by molar-refractivity contribution is -0.604. The van der Waals surface area contributed by atoms with E-state index in [1.54, 1.807) is 0 Å². The summed E-state index contributed by atoms with van der Waals surface area (Å²) < 4.78 is 47.1. The van der Waals surface area contributed by atoms with Crippen LogP contribution in [0.1, 0.15) is 39.8 Å². The lowest BCUT2D eigenvalue weighted by Crippen LogP contribution is -2.72. The van der Waals surface area contributed by atoms with Crippen LogP contribution >= 0.6 is 0 Å². The highest BCUT2D eigenvalue weighted by molar-refractivity contribution is 7.84. The fourth-order valence-corrected chi connectivity index (χ4v) is 4.65. The van der Waals surface area contributed by atoms with E-state index >= 15 is 0 Å². The van der Waals surface area contributed by atoms with Gasteiger partial charge < -0.3 is 17.8 Å². The smallest absolute Gasteiger partial charge is 0.748 e. The maximum Gasteiger partial charge on any atom is 0.872 e. The second-order valence-corrected chi connectivity index (χ2v) is 8.64. The Balaban J connectivity index is 0.000000922. The van der Waals surface area contributed by atoms with Gasteiger partial charge in [-0.2, -0.15) is 0 Å². The Morgan fingerprint density at radius 1 is 1.04 bits per heavy atom. The van der Waals surface area contributed by atoms with E-state index in [0.29, 0.717) is 26.1 Å². The summed E-state index contributed by atoms with van der Waals surface area (Å²) in [6.45, 7) is 9.84. The van der Waals surface area contributed by atoms with Crippen LogP contribution in [0.2, 0.25) is 0 Å². The molecule has 7 nitrogen and oxygen atoms in total. The van der Waals surface area contributed by atoms with Crippen molar-refractivity contribution in [2.45, 2.75) is 40.5 Å². The maximum atomic E-state index is 9.08. The molecule has 0 unspecified atom stereocenters. The normalized spacial score (nSPS) is 11.8. The van der Waals surface area contributed by atoms with Gasteiger partial charge in [0.25, 0.3) is 0 Å². The number of hydrogen-bond donors (Lipinski definition) is 0. The first-order chi connectivity index (χ1) is 11.2. The van der Waals surface area contributed by atoms with Gasteiger partial charge in [-0.05, 0) is 27.2 Å². The van der Waals surface area contributed by atoms with E-state index < -0.39 is 19.1 Å². The van der Waals surface area contributed by atoms with Crippen molar-refractivity contribution < 1.29 is 30.5 Å². The molecule has 0 aliphatic rings. The highest BCUT2D eigenvalue weighted by atomic mass is 32.2. The summed E-state index contributed by atoms with van der Waals surface area (Å²) in [7, 11) is -6.75. The first-order valence-corrected chi connectivity index (χ1v) is 11.6. The van der Waals surface area contributed by atoms with Gasteiger partial charge >= 0.3 is 8.97 Å². The summed E-state index contributed by atoms with van der Waals surface area (Å²) in [6.07, 6.45) is 4.69. The van der Waals surface area contributed by atoms with Crippen LogP contribution in [0, 0.1) is 0 Å². The third-order valence-electron chi connectivity index (χ3n) is 2.73. The molecule has 1 rings (SSSR count). The lowest BCUT2D eigenvalue weighted by atomic mass is 10.2. The Hall–Kier alpha value is -0.843. The van der Waals surface area contributed by atoms with Crippen LogP contribution in [0.3, 0.4) is 0 Å². The maximum absolute atomic E-state index is 9.08. The van der Waals surface area contributed by atoms with Crippen molar-refractivity contribution in [3.05, 3.63) is 30.1 Å². The van der Waals surface area contributed by atoms with Crippen molar-refractivity contribution in [3.8, 4) is 0 Å². The van der Waals surface area contributed by atoms with Gasteiger partial charge in [0, 0.05) is 44.6 Å². The number of pyridine rings is 1. The molecule has 1 aromatic rings. The summed E-state index contributed by atoms with van der Waals surface area (Å²) in [5, 5.41) is 0. The Labute approximate surface area is 146 Å². The molecule has 0 saturated heterocycles. The molecule has 0 fully saturated rings. The molecule has 0 bridgehead atoms. The minimum absolute atomic E-state index is 0.583. The van der Waals surface area contributed by atoms with Gasteiger partial charge in [0.05, 0.1) is 10.1 Å². The van der Waals surface area contributed by atoms with Crippen molar-refractivity contribution in [1.82, 2.24) is 0 Å². The third-order valence-corrected chi connectivity index (χ3v) is 5.71. The first kappa shape index (κ1) is 23.2. The van der Waals surface area contributed by atoms with Gasteiger partial charge in [0.1, 0.15) is 0 Å². The van der Waals surface area contributed by atoms with Gasteiger partial charge in [0.2, 0.25) is 0 Å². The standard InChI is InChI=1S/C14H26NO3Si.CH4O3S/c1-5-11-14-12-9-10-13-15(14)19(16-6-2,17-7-3)18-8-4;1-5(2,3)4/h9-10,12-13H,5-8,11H2,1-4H3;1H3,(H,2,3,4)/q+1;/p-1. The van der Waals surface area contributed by atoms with Crippen molar-refractivity contribution in [2.24, 2.45) is 0 Å². The van der Waals surface area contributed by atoms with E-state index in [-0.39, 0.29) is 0 Å². The second-order valence-electron chi connectivity index (χ2n) is 4.84. The zero-order valence-corrected chi connectivity index (χ0v) is 17.0. The SMILES string of the molecule is CCCc1cccc[n+]1[Si](OCC)(OCC)OCC.CS(=O)(=O)[O-]. The molecule has 0 aliphatic heterocycles. The number of aryl methyl sites for hydroxylation is 1. The Kier molecular flexibility index (Phi) is 11.3. The van der Waals surface area contributed by atoms with Gasteiger partial charge in [-0.1, -0.05) is 13.0 Å². The van der Waals surface area contributed by atoms with Gasteiger partial charge in [-0.15, -0.1) is 0 Å². The zero-order chi connectivity index (χ0) is 18.6. The van der Waals surface area contributed by atoms with Gasteiger partial charge in [-0.3, -0.25) is 0 Å². The molecule has 0 N–H and O–H groups in total. The summed E-state index contributed by atoms with van der Waals surface area (Å²) in [4.78, 5) is 0. The molecule has 1 aromatic heterocycles. The van der Waals surface area contributed by atoms with Crippen molar-refractivity contribution in [1.29, 1.82) is 0 Å². The van der Waals surface area contributed by atoms with Crippen LogP contribution < -0.4 is 4.23 Å². The number of nitrogens with zero attached hydrogens (tertiary/aromatic N) is 1. The largest absolute Gasteiger partial charge is 0.872 e. The quantitative estimate of drug-likeness (QED) is 0.477. The first-order valence-electron chi connectivity index (χ1n) is 8.06. The van der Waals surface area contributed by atoms with Crippen LogP contribution in [0.25, 0.3) is 0 Å². The molecular formula is C15H29NO6SSi.